The summed E-state index contributed by atoms with van der Waals surface area (Å²) in [6.45, 7) is 15.2. The summed E-state index contributed by atoms with van der Waals surface area (Å²) in [5.41, 5.74) is 1.84. The Labute approximate surface area is 178 Å². The average Bonchev–Trinajstić information content (AvgIpc) is 2.64. The molecule has 1 N–H and O–H groups in total. The van der Waals surface area contributed by atoms with E-state index in [-0.39, 0.29) is 17.5 Å². The van der Waals surface area contributed by atoms with Gasteiger partial charge in [0.1, 0.15) is 11.9 Å². The number of aliphatic hydroxyl groups is 1. The molecule has 0 aliphatic rings. The van der Waals surface area contributed by atoms with E-state index in [0.29, 0.717) is 18.0 Å². The van der Waals surface area contributed by atoms with Gasteiger partial charge >= 0.3 is 0 Å². The predicted octanol–water partition coefficient (Wildman–Crippen LogP) is 6.92. The zero-order valence-electron chi connectivity index (χ0n) is 19.3. The van der Waals surface area contributed by atoms with Gasteiger partial charge in [-0.05, 0) is 74.9 Å². The average molecular weight is 422 g/mol. The van der Waals surface area contributed by atoms with Crippen molar-refractivity contribution in [2.75, 3.05) is 6.61 Å². The summed E-state index contributed by atoms with van der Waals surface area (Å²) < 4.78 is 21.6. The maximum Gasteiger partial charge on any atom is 0.193 e. The first-order valence-corrected chi connectivity index (χ1v) is 13.6. The molecule has 0 unspecified atom stereocenters. The van der Waals surface area contributed by atoms with Crippen LogP contribution in [0.4, 0.5) is 4.39 Å². The second-order valence-corrected chi connectivity index (χ2v) is 14.4. The van der Waals surface area contributed by atoms with Crippen molar-refractivity contribution in [1.29, 1.82) is 0 Å². The molecule has 5 heteroatoms. The fourth-order valence-electron chi connectivity index (χ4n) is 2.68. The van der Waals surface area contributed by atoms with E-state index in [1.54, 1.807) is 12.3 Å². The molecule has 0 spiro atoms. The van der Waals surface area contributed by atoms with Crippen LogP contribution in [0.25, 0.3) is 6.08 Å². The summed E-state index contributed by atoms with van der Waals surface area (Å²) in [5.74, 6) is 0.0581. The highest BCUT2D eigenvalue weighted by molar-refractivity contribution is 6.74. The molecule has 0 aliphatic heterocycles. The summed E-state index contributed by atoms with van der Waals surface area (Å²) in [5, 5.41) is 9.16. The van der Waals surface area contributed by atoms with Gasteiger partial charge in [-0.2, -0.15) is 0 Å². The molecule has 0 bridgehead atoms. The van der Waals surface area contributed by atoms with Crippen LogP contribution in [-0.2, 0) is 4.43 Å². The molecular weight excluding hydrogens is 381 g/mol. The smallest absolute Gasteiger partial charge is 0.193 e. The molecular formula is C24H40FNO2Si. The number of aromatic nitrogens is 1. The quantitative estimate of drug-likeness (QED) is 0.311. The molecule has 2 atom stereocenters. The van der Waals surface area contributed by atoms with Crippen LogP contribution in [0.15, 0.2) is 41.9 Å². The second kappa shape index (κ2) is 11.8. The fourth-order valence-corrected chi connectivity index (χ4v) is 3.95. The first kappa shape index (κ1) is 25.7. The second-order valence-electron chi connectivity index (χ2n) is 9.62. The lowest BCUT2D eigenvalue weighted by atomic mass is 10.0. The number of hydrogen-bond donors (Lipinski definition) is 1. The first-order valence-electron chi connectivity index (χ1n) is 10.7. The SMILES string of the molecule is CC(=CC[C@H](O[Si](C)(C)C(C)(C)C)C(F)=Cc1ccccn1)CCC[C@H](C)CO. The molecule has 1 heterocycles. The normalized spacial score (nSPS) is 16.0. The van der Waals surface area contributed by atoms with Crippen molar-refractivity contribution in [2.45, 2.75) is 84.5 Å². The summed E-state index contributed by atoms with van der Waals surface area (Å²) in [6, 6.07) is 5.47. The number of hydrogen-bond acceptors (Lipinski definition) is 3. The molecule has 0 saturated carbocycles. The number of rotatable bonds is 11. The Balaban J connectivity index is 2.93. The molecule has 0 aromatic carbocycles. The van der Waals surface area contributed by atoms with Crippen LogP contribution in [0.2, 0.25) is 18.1 Å². The van der Waals surface area contributed by atoms with Gasteiger partial charge in [0.2, 0.25) is 0 Å². The van der Waals surface area contributed by atoms with Gasteiger partial charge in [0.25, 0.3) is 0 Å². The molecule has 0 fully saturated rings. The number of pyridine rings is 1. The Morgan fingerprint density at radius 3 is 2.55 bits per heavy atom. The van der Waals surface area contributed by atoms with Crippen LogP contribution in [0.5, 0.6) is 0 Å². The largest absolute Gasteiger partial charge is 0.407 e. The van der Waals surface area contributed by atoms with Crippen molar-refractivity contribution in [3.63, 3.8) is 0 Å². The van der Waals surface area contributed by atoms with Crippen LogP contribution in [0.3, 0.4) is 0 Å². The zero-order valence-corrected chi connectivity index (χ0v) is 20.3. The Kier molecular flexibility index (Phi) is 10.4. The fraction of sp³-hybridized carbons (Fsp3) is 0.625. The lowest BCUT2D eigenvalue weighted by molar-refractivity contribution is 0.191. The molecule has 29 heavy (non-hydrogen) atoms. The van der Waals surface area contributed by atoms with Crippen LogP contribution < -0.4 is 0 Å². The number of allylic oxidation sites excluding steroid dienone is 1. The summed E-state index contributed by atoms with van der Waals surface area (Å²) in [7, 11) is -2.12. The lowest BCUT2D eigenvalue weighted by Gasteiger charge is -2.38. The third-order valence-electron chi connectivity index (χ3n) is 5.78. The van der Waals surface area contributed by atoms with E-state index < -0.39 is 14.4 Å². The molecule has 0 amide bonds. The van der Waals surface area contributed by atoms with Gasteiger partial charge < -0.3 is 9.53 Å². The Bertz CT molecular complexity index is 665. The van der Waals surface area contributed by atoms with Crippen molar-refractivity contribution in [1.82, 2.24) is 4.98 Å². The molecule has 0 radical (unpaired) electrons. The summed E-state index contributed by atoms with van der Waals surface area (Å²) in [6.07, 6.45) is 8.18. The van der Waals surface area contributed by atoms with Gasteiger partial charge in [-0.15, -0.1) is 0 Å². The molecule has 1 rings (SSSR count). The van der Waals surface area contributed by atoms with E-state index >= 15 is 4.39 Å². The van der Waals surface area contributed by atoms with Crippen LogP contribution in [0, 0.1) is 5.92 Å². The molecule has 0 aliphatic carbocycles. The third-order valence-corrected chi connectivity index (χ3v) is 10.3. The van der Waals surface area contributed by atoms with Gasteiger partial charge in [0.15, 0.2) is 8.32 Å². The topological polar surface area (TPSA) is 42.4 Å². The van der Waals surface area contributed by atoms with Gasteiger partial charge in [-0.3, -0.25) is 4.98 Å². The van der Waals surface area contributed by atoms with Gasteiger partial charge in [-0.1, -0.05) is 45.4 Å². The number of nitrogens with zero attached hydrogens (tertiary/aromatic N) is 1. The highest BCUT2D eigenvalue weighted by Gasteiger charge is 2.39. The number of halogens is 1. The van der Waals surface area contributed by atoms with Crippen molar-refractivity contribution < 1.29 is 13.9 Å². The van der Waals surface area contributed by atoms with E-state index in [2.05, 4.69) is 58.8 Å². The molecule has 0 saturated heterocycles. The Morgan fingerprint density at radius 2 is 2.00 bits per heavy atom. The van der Waals surface area contributed by atoms with E-state index in [1.165, 1.54) is 11.6 Å². The van der Waals surface area contributed by atoms with E-state index in [1.807, 2.05) is 12.1 Å². The highest BCUT2D eigenvalue weighted by atomic mass is 28.4. The van der Waals surface area contributed by atoms with Crippen LogP contribution in [0.1, 0.15) is 66.0 Å². The minimum absolute atomic E-state index is 0.00964. The molecule has 3 nitrogen and oxygen atoms in total. The summed E-state index contributed by atoms with van der Waals surface area (Å²) >= 11 is 0. The van der Waals surface area contributed by atoms with Gasteiger partial charge in [0.05, 0.1) is 5.69 Å². The van der Waals surface area contributed by atoms with Crippen LogP contribution >= 0.6 is 0 Å². The standard InChI is InChI=1S/C24H40FNO2Si/c1-19(11-10-12-20(2)18-27)14-15-23(28-29(6,7)24(3,4)5)22(25)17-21-13-8-9-16-26-21/h8-9,13-14,16-17,20,23,27H,10-12,15,18H2,1-7H3/t20-,23-/m0/s1. The third kappa shape index (κ3) is 9.37. The minimum Gasteiger partial charge on any atom is -0.407 e. The number of aliphatic hydroxyl groups excluding tert-OH is 1. The highest BCUT2D eigenvalue weighted by Crippen LogP contribution is 2.39. The lowest BCUT2D eigenvalue weighted by Crippen LogP contribution is -2.44. The minimum atomic E-state index is -2.12. The van der Waals surface area contributed by atoms with E-state index in [0.717, 1.165) is 19.3 Å². The monoisotopic (exact) mass is 421 g/mol. The van der Waals surface area contributed by atoms with Gasteiger partial charge in [-0.25, -0.2) is 4.39 Å². The van der Waals surface area contributed by atoms with Crippen molar-refractivity contribution >= 4 is 14.4 Å². The maximum absolute atomic E-state index is 15.2. The Morgan fingerprint density at radius 1 is 1.31 bits per heavy atom. The summed E-state index contributed by atoms with van der Waals surface area (Å²) in [4.78, 5) is 4.21. The van der Waals surface area contributed by atoms with Crippen molar-refractivity contribution in [3.8, 4) is 0 Å². The first-order chi connectivity index (χ1) is 13.5. The van der Waals surface area contributed by atoms with Crippen molar-refractivity contribution in [3.05, 3.63) is 47.6 Å². The Hall–Kier alpha value is -1.30. The maximum atomic E-state index is 15.2. The molecule has 1 aromatic rings. The zero-order chi connectivity index (χ0) is 22.1. The van der Waals surface area contributed by atoms with Gasteiger partial charge in [0, 0.05) is 12.8 Å². The van der Waals surface area contributed by atoms with Crippen LogP contribution in [-0.4, -0.2) is 31.1 Å². The molecule has 1 aromatic heterocycles. The van der Waals surface area contributed by atoms with E-state index in [9.17, 15) is 0 Å². The molecule has 164 valence electrons. The predicted molar refractivity (Wildman–Crippen MR) is 124 cm³/mol. The van der Waals surface area contributed by atoms with Crippen molar-refractivity contribution in [2.24, 2.45) is 5.92 Å². The van der Waals surface area contributed by atoms with E-state index in [4.69, 9.17) is 9.53 Å².